The van der Waals surface area contributed by atoms with Crippen molar-refractivity contribution in [1.82, 2.24) is 25.0 Å². The molecule has 162 valence electrons. The van der Waals surface area contributed by atoms with Crippen LogP contribution in [-0.4, -0.2) is 38.5 Å². The van der Waals surface area contributed by atoms with Gasteiger partial charge in [0.05, 0.1) is 25.5 Å². The number of aromatic hydroxyl groups is 1. The minimum atomic E-state index is -1.51. The second kappa shape index (κ2) is 7.12. The van der Waals surface area contributed by atoms with Gasteiger partial charge in [-0.2, -0.15) is 5.10 Å². The van der Waals surface area contributed by atoms with Crippen LogP contribution in [0.5, 0.6) is 11.6 Å². The Labute approximate surface area is 181 Å². The standard InChI is InChI=1S/C22H18FN5O4/c1-32-17-7-2-13-10-27(19(29)18(13)8-17)12-22(20(30)25-21(31)26-22)14-9-24-28(11-14)16-5-3-15(23)4-6-16/h2-11,29H,12H2,1H3,(H2,25,26,30,31)/t22-/m0/s1. The first-order valence-electron chi connectivity index (χ1n) is 9.70. The number of fused-ring (bicyclic) bond motifs is 1. The Hall–Kier alpha value is -4.34. The number of hydrogen-bond donors (Lipinski definition) is 3. The lowest BCUT2D eigenvalue weighted by Gasteiger charge is -2.25. The first-order chi connectivity index (χ1) is 15.4. The van der Waals surface area contributed by atoms with E-state index in [-0.39, 0.29) is 18.2 Å². The van der Waals surface area contributed by atoms with Gasteiger partial charge in [0.1, 0.15) is 11.6 Å². The molecule has 0 aliphatic carbocycles. The molecular weight excluding hydrogens is 417 g/mol. The first-order valence-corrected chi connectivity index (χ1v) is 9.70. The van der Waals surface area contributed by atoms with E-state index in [1.54, 1.807) is 42.7 Å². The van der Waals surface area contributed by atoms with Gasteiger partial charge in [0, 0.05) is 28.7 Å². The molecular formula is C22H18FN5O4. The van der Waals surface area contributed by atoms with E-state index in [9.17, 15) is 19.1 Å². The maximum atomic E-state index is 13.3. The van der Waals surface area contributed by atoms with Gasteiger partial charge in [0.2, 0.25) is 0 Å². The largest absolute Gasteiger partial charge is 0.497 e. The molecule has 0 unspecified atom stereocenters. The number of benzene rings is 2. The number of halogens is 1. The third-order valence-electron chi connectivity index (χ3n) is 5.58. The van der Waals surface area contributed by atoms with Crippen molar-refractivity contribution in [2.45, 2.75) is 12.1 Å². The Balaban J connectivity index is 1.58. The van der Waals surface area contributed by atoms with Gasteiger partial charge in [-0.3, -0.25) is 10.1 Å². The summed E-state index contributed by atoms with van der Waals surface area (Å²) in [6.45, 7) is -0.0808. The fourth-order valence-corrected chi connectivity index (χ4v) is 3.90. The van der Waals surface area contributed by atoms with Crippen molar-refractivity contribution in [1.29, 1.82) is 0 Å². The molecule has 0 bridgehead atoms. The van der Waals surface area contributed by atoms with Crippen LogP contribution in [0.1, 0.15) is 5.56 Å². The normalized spacial score (nSPS) is 18.1. The zero-order chi connectivity index (χ0) is 22.5. The molecule has 3 N–H and O–H groups in total. The quantitative estimate of drug-likeness (QED) is 0.417. The molecule has 1 aliphatic heterocycles. The van der Waals surface area contributed by atoms with Crippen molar-refractivity contribution in [3.63, 3.8) is 0 Å². The molecule has 32 heavy (non-hydrogen) atoms. The number of aromatic nitrogens is 3. The minimum Gasteiger partial charge on any atom is -0.497 e. The second-order valence-corrected chi connectivity index (χ2v) is 7.50. The van der Waals surface area contributed by atoms with E-state index in [0.717, 1.165) is 5.39 Å². The second-order valence-electron chi connectivity index (χ2n) is 7.50. The van der Waals surface area contributed by atoms with Crippen LogP contribution >= 0.6 is 0 Å². The molecule has 0 saturated carbocycles. The van der Waals surface area contributed by atoms with Crippen LogP contribution in [0.3, 0.4) is 0 Å². The SMILES string of the molecule is COc1ccc2cn(C[C@@]3(c4cnn(-c5ccc(F)cc5)c4)NC(=O)NC3=O)c(O)c2c1. The van der Waals surface area contributed by atoms with Gasteiger partial charge >= 0.3 is 6.03 Å². The first kappa shape index (κ1) is 19.6. The van der Waals surface area contributed by atoms with Gasteiger partial charge in [0.15, 0.2) is 11.4 Å². The highest BCUT2D eigenvalue weighted by Crippen LogP contribution is 2.35. The highest BCUT2D eigenvalue weighted by atomic mass is 19.1. The predicted octanol–water partition coefficient (Wildman–Crippen LogP) is 2.42. The van der Waals surface area contributed by atoms with Crippen LogP contribution in [0, 0.1) is 5.82 Å². The highest BCUT2D eigenvalue weighted by molar-refractivity contribution is 6.07. The monoisotopic (exact) mass is 435 g/mol. The number of amides is 3. The van der Waals surface area contributed by atoms with Crippen LogP contribution in [0.4, 0.5) is 9.18 Å². The molecule has 2 aromatic heterocycles. The topological polar surface area (TPSA) is 110 Å². The lowest BCUT2D eigenvalue weighted by molar-refractivity contribution is -0.124. The number of hydrogen-bond acceptors (Lipinski definition) is 5. The zero-order valence-corrected chi connectivity index (χ0v) is 16.9. The molecule has 0 radical (unpaired) electrons. The number of imide groups is 1. The average molecular weight is 435 g/mol. The summed E-state index contributed by atoms with van der Waals surface area (Å²) < 4.78 is 21.4. The summed E-state index contributed by atoms with van der Waals surface area (Å²) in [4.78, 5) is 25.0. The molecule has 3 amide bonds. The molecule has 2 aromatic carbocycles. The van der Waals surface area contributed by atoms with Crippen molar-refractivity contribution in [3.05, 3.63) is 72.4 Å². The van der Waals surface area contributed by atoms with Crippen LogP contribution in [0.15, 0.2) is 61.1 Å². The van der Waals surface area contributed by atoms with E-state index >= 15 is 0 Å². The summed E-state index contributed by atoms with van der Waals surface area (Å²) in [5.41, 5.74) is -0.523. The van der Waals surface area contributed by atoms with E-state index in [1.165, 1.54) is 34.7 Å². The van der Waals surface area contributed by atoms with Crippen LogP contribution < -0.4 is 15.4 Å². The molecule has 1 saturated heterocycles. The van der Waals surface area contributed by atoms with E-state index in [0.29, 0.717) is 22.4 Å². The van der Waals surface area contributed by atoms with E-state index < -0.39 is 17.5 Å². The van der Waals surface area contributed by atoms with E-state index in [4.69, 9.17) is 4.74 Å². The summed E-state index contributed by atoms with van der Waals surface area (Å²) in [7, 11) is 1.53. The molecule has 1 aliphatic rings. The summed E-state index contributed by atoms with van der Waals surface area (Å²) in [5.74, 6) is -0.450. The van der Waals surface area contributed by atoms with Gasteiger partial charge in [-0.15, -0.1) is 0 Å². The van der Waals surface area contributed by atoms with Crippen molar-refractivity contribution in [3.8, 4) is 17.3 Å². The molecule has 9 nitrogen and oxygen atoms in total. The maximum absolute atomic E-state index is 13.3. The summed E-state index contributed by atoms with van der Waals surface area (Å²) in [5, 5.41) is 21.3. The Bertz CT molecular complexity index is 1360. The molecule has 1 fully saturated rings. The predicted molar refractivity (Wildman–Crippen MR) is 112 cm³/mol. The lowest BCUT2D eigenvalue weighted by atomic mass is 9.92. The maximum Gasteiger partial charge on any atom is 0.322 e. The summed E-state index contributed by atoms with van der Waals surface area (Å²) in [6.07, 6.45) is 4.73. The average Bonchev–Trinajstić information content (AvgIpc) is 3.46. The number of rotatable bonds is 5. The molecule has 10 heteroatoms. The Morgan fingerprint density at radius 2 is 1.94 bits per heavy atom. The third-order valence-corrected chi connectivity index (χ3v) is 5.58. The van der Waals surface area contributed by atoms with E-state index in [2.05, 4.69) is 15.7 Å². The lowest BCUT2D eigenvalue weighted by Crippen LogP contribution is -2.47. The smallest absolute Gasteiger partial charge is 0.322 e. The number of carbonyl (C=O) groups excluding carboxylic acids is 2. The Kier molecular flexibility index (Phi) is 4.36. The van der Waals surface area contributed by atoms with Crippen molar-refractivity contribution in [2.75, 3.05) is 7.11 Å². The fourth-order valence-electron chi connectivity index (χ4n) is 3.90. The molecule has 4 aromatic rings. The molecule has 5 rings (SSSR count). The Morgan fingerprint density at radius 1 is 1.16 bits per heavy atom. The minimum absolute atomic E-state index is 0.0712. The van der Waals surface area contributed by atoms with Crippen LogP contribution in [0.25, 0.3) is 16.5 Å². The van der Waals surface area contributed by atoms with Gasteiger partial charge in [-0.1, -0.05) is 0 Å². The number of methoxy groups -OCH3 is 1. The number of urea groups is 1. The fraction of sp³-hybridized carbons (Fsp3) is 0.136. The van der Waals surface area contributed by atoms with Gasteiger partial charge < -0.3 is 19.7 Å². The van der Waals surface area contributed by atoms with E-state index in [1.807, 2.05) is 0 Å². The zero-order valence-electron chi connectivity index (χ0n) is 16.9. The Morgan fingerprint density at radius 3 is 2.62 bits per heavy atom. The van der Waals surface area contributed by atoms with Gasteiger partial charge in [-0.25, -0.2) is 13.9 Å². The van der Waals surface area contributed by atoms with Gasteiger partial charge in [0.25, 0.3) is 5.91 Å². The van der Waals surface area contributed by atoms with Crippen LogP contribution in [0.2, 0.25) is 0 Å². The number of ether oxygens (including phenoxy) is 1. The number of nitrogens with one attached hydrogen (secondary N) is 2. The van der Waals surface area contributed by atoms with Crippen molar-refractivity contribution >= 4 is 22.7 Å². The molecule has 0 spiro atoms. The molecule has 1 atom stereocenters. The van der Waals surface area contributed by atoms with Crippen molar-refractivity contribution in [2.24, 2.45) is 0 Å². The van der Waals surface area contributed by atoms with Crippen molar-refractivity contribution < 1.29 is 23.8 Å². The summed E-state index contributed by atoms with van der Waals surface area (Å²) in [6, 6.07) is 10.3. The summed E-state index contributed by atoms with van der Waals surface area (Å²) >= 11 is 0. The molecule has 3 heterocycles. The number of carbonyl (C=O) groups is 2. The highest BCUT2D eigenvalue weighted by Gasteiger charge is 2.49. The number of nitrogens with zero attached hydrogens (tertiary/aromatic N) is 3. The van der Waals surface area contributed by atoms with Crippen LogP contribution in [-0.2, 0) is 16.9 Å². The van der Waals surface area contributed by atoms with Gasteiger partial charge in [-0.05, 0) is 42.5 Å². The third kappa shape index (κ3) is 3.04.